The first kappa shape index (κ1) is 21.5. The maximum Gasteiger partial charge on any atom is 0.253 e. The van der Waals surface area contributed by atoms with E-state index in [2.05, 4.69) is 82.6 Å². The van der Waals surface area contributed by atoms with Gasteiger partial charge in [0.1, 0.15) is 6.04 Å². The molecule has 1 aliphatic heterocycles. The highest BCUT2D eigenvalue weighted by molar-refractivity contribution is 5.79. The lowest BCUT2D eigenvalue weighted by atomic mass is 9.95. The van der Waals surface area contributed by atoms with Crippen molar-refractivity contribution in [3.05, 3.63) is 87.0 Å². The average molecular weight is 443 g/mol. The zero-order valence-electron chi connectivity index (χ0n) is 19.7. The van der Waals surface area contributed by atoms with Crippen LogP contribution in [0.4, 0.5) is 0 Å². The Hall–Kier alpha value is -3.32. The lowest BCUT2D eigenvalue weighted by Crippen LogP contribution is -2.40. The first-order chi connectivity index (χ1) is 15.9. The van der Waals surface area contributed by atoms with E-state index < -0.39 is 0 Å². The van der Waals surface area contributed by atoms with Gasteiger partial charge in [-0.3, -0.25) is 9.69 Å². The summed E-state index contributed by atoms with van der Waals surface area (Å²) in [5, 5.41) is 13.9. The molecular formula is C26H30N6O. The number of fused-ring (bicyclic) bond motifs is 2. The van der Waals surface area contributed by atoms with Gasteiger partial charge in [0.05, 0.1) is 5.54 Å². The van der Waals surface area contributed by atoms with Crippen LogP contribution in [0.2, 0.25) is 0 Å². The van der Waals surface area contributed by atoms with Gasteiger partial charge >= 0.3 is 0 Å². The van der Waals surface area contributed by atoms with Crippen molar-refractivity contribution in [3.63, 3.8) is 0 Å². The first-order valence-corrected chi connectivity index (χ1v) is 11.6. The summed E-state index contributed by atoms with van der Waals surface area (Å²) < 4.78 is 1.90. The van der Waals surface area contributed by atoms with Gasteiger partial charge in [-0.2, -0.15) is 0 Å². The van der Waals surface area contributed by atoms with Crippen molar-refractivity contribution < 1.29 is 0 Å². The molecule has 5 rings (SSSR count). The second kappa shape index (κ2) is 8.23. The number of hydrogen-bond acceptors (Lipinski definition) is 5. The molecule has 1 aliphatic rings. The highest BCUT2D eigenvalue weighted by atomic mass is 16.1. The molecule has 0 aliphatic carbocycles. The molecule has 0 fully saturated rings. The number of hydrogen-bond donors (Lipinski definition) is 1. The maximum absolute atomic E-state index is 13.4. The molecule has 7 nitrogen and oxygen atoms in total. The summed E-state index contributed by atoms with van der Waals surface area (Å²) in [7, 11) is 0. The molecule has 0 amide bonds. The van der Waals surface area contributed by atoms with Crippen LogP contribution in [-0.2, 0) is 18.5 Å². The van der Waals surface area contributed by atoms with Crippen LogP contribution < -0.4 is 5.56 Å². The van der Waals surface area contributed by atoms with Gasteiger partial charge in [-0.05, 0) is 78.2 Å². The molecule has 2 aromatic heterocycles. The summed E-state index contributed by atoms with van der Waals surface area (Å²) in [5.74, 6) is 0.707. The van der Waals surface area contributed by atoms with E-state index in [1.54, 1.807) is 0 Å². The smallest absolute Gasteiger partial charge is 0.253 e. The van der Waals surface area contributed by atoms with Crippen LogP contribution in [-0.4, -0.2) is 36.6 Å². The molecule has 4 aromatic rings. The third kappa shape index (κ3) is 3.86. The molecule has 3 heterocycles. The van der Waals surface area contributed by atoms with Crippen molar-refractivity contribution in [2.24, 2.45) is 0 Å². The van der Waals surface area contributed by atoms with Gasteiger partial charge < -0.3 is 4.98 Å². The highest BCUT2D eigenvalue weighted by Gasteiger charge is 2.35. The topological polar surface area (TPSA) is 79.7 Å². The van der Waals surface area contributed by atoms with Gasteiger partial charge in [-0.25, -0.2) is 4.68 Å². The van der Waals surface area contributed by atoms with Crippen molar-refractivity contribution in [2.75, 3.05) is 6.54 Å². The first-order valence-electron chi connectivity index (χ1n) is 11.6. The van der Waals surface area contributed by atoms with E-state index in [0.717, 1.165) is 42.4 Å². The van der Waals surface area contributed by atoms with Crippen molar-refractivity contribution in [1.82, 2.24) is 30.1 Å². The maximum atomic E-state index is 13.4. The predicted octanol–water partition coefficient (Wildman–Crippen LogP) is 4.12. The molecule has 1 atom stereocenters. The Kier molecular flexibility index (Phi) is 5.37. The Balaban J connectivity index is 1.69. The molecule has 0 saturated heterocycles. The summed E-state index contributed by atoms with van der Waals surface area (Å²) in [6, 6.07) is 16.3. The van der Waals surface area contributed by atoms with Gasteiger partial charge in [0.15, 0.2) is 5.82 Å². The third-order valence-electron chi connectivity index (χ3n) is 7.03. The number of tetrazole rings is 1. The van der Waals surface area contributed by atoms with E-state index in [0.29, 0.717) is 11.4 Å². The summed E-state index contributed by atoms with van der Waals surface area (Å²) in [4.78, 5) is 18.9. The number of pyridine rings is 1. The fraction of sp³-hybridized carbons (Fsp3) is 0.385. The Morgan fingerprint density at radius 2 is 1.91 bits per heavy atom. The molecule has 0 unspecified atom stereocenters. The van der Waals surface area contributed by atoms with Crippen molar-refractivity contribution >= 4 is 10.9 Å². The monoisotopic (exact) mass is 442 g/mol. The van der Waals surface area contributed by atoms with E-state index >= 15 is 0 Å². The van der Waals surface area contributed by atoms with Crippen LogP contribution in [0.25, 0.3) is 10.9 Å². The normalized spacial score (nSPS) is 15.5. The number of H-pyrrole nitrogens is 1. The third-order valence-corrected chi connectivity index (χ3v) is 7.03. The number of aromatic nitrogens is 5. The molecule has 0 saturated carbocycles. The molecule has 33 heavy (non-hydrogen) atoms. The highest BCUT2D eigenvalue weighted by Crippen LogP contribution is 2.33. The Bertz CT molecular complexity index is 1370. The Morgan fingerprint density at radius 1 is 1.12 bits per heavy atom. The molecule has 7 heteroatoms. The fourth-order valence-electron chi connectivity index (χ4n) is 4.72. The van der Waals surface area contributed by atoms with Crippen LogP contribution in [0, 0.1) is 6.92 Å². The van der Waals surface area contributed by atoms with Crippen molar-refractivity contribution in [1.29, 1.82) is 0 Å². The van der Waals surface area contributed by atoms with E-state index in [4.69, 9.17) is 0 Å². The quantitative estimate of drug-likeness (QED) is 0.503. The number of nitrogens with one attached hydrogen (secondary N) is 1. The van der Waals surface area contributed by atoms with E-state index in [1.807, 2.05) is 23.7 Å². The van der Waals surface area contributed by atoms with E-state index in [-0.39, 0.29) is 17.1 Å². The second-order valence-corrected chi connectivity index (χ2v) is 9.65. The second-order valence-electron chi connectivity index (χ2n) is 9.65. The number of nitrogens with zero attached hydrogens (tertiary/aromatic N) is 5. The minimum atomic E-state index is -0.353. The van der Waals surface area contributed by atoms with Crippen LogP contribution in [0.3, 0.4) is 0 Å². The largest absolute Gasteiger partial charge is 0.322 e. The SMILES string of the molecule is CCC(C)(C)n1nnnc1[C@H](c1cc2ccc(C)cc2[nH]c1=O)N1CCc2ccccc2C1. The minimum Gasteiger partial charge on any atom is -0.322 e. The Labute approximate surface area is 193 Å². The van der Waals surface area contributed by atoms with Gasteiger partial charge in [-0.1, -0.05) is 43.3 Å². The zero-order chi connectivity index (χ0) is 23.2. The van der Waals surface area contributed by atoms with Gasteiger partial charge in [0.25, 0.3) is 5.56 Å². The van der Waals surface area contributed by atoms with Crippen LogP contribution in [0.5, 0.6) is 0 Å². The molecule has 0 spiro atoms. The van der Waals surface area contributed by atoms with Crippen molar-refractivity contribution in [3.8, 4) is 0 Å². The van der Waals surface area contributed by atoms with Gasteiger partial charge in [-0.15, -0.1) is 5.10 Å². The van der Waals surface area contributed by atoms with Crippen LogP contribution in [0.15, 0.2) is 53.3 Å². The molecule has 0 bridgehead atoms. The number of aromatic amines is 1. The summed E-state index contributed by atoms with van der Waals surface area (Å²) in [5.41, 5.74) is 4.92. The number of rotatable bonds is 5. The number of aryl methyl sites for hydroxylation is 1. The minimum absolute atomic E-state index is 0.0965. The average Bonchev–Trinajstić information content (AvgIpc) is 3.30. The fourth-order valence-corrected chi connectivity index (χ4v) is 4.72. The van der Waals surface area contributed by atoms with Gasteiger partial charge in [0, 0.05) is 24.2 Å². The van der Waals surface area contributed by atoms with E-state index in [9.17, 15) is 4.79 Å². The standard InChI is InChI=1S/C26H30N6O/c1-5-26(3,4)32-24(28-29-30-32)23(31-13-12-18-8-6-7-9-20(18)16-31)21-15-19-11-10-17(2)14-22(19)27-25(21)33/h6-11,14-15,23H,5,12-13,16H2,1-4H3,(H,27,33)/t23-/m0/s1. The molecule has 0 radical (unpaired) electrons. The summed E-state index contributed by atoms with van der Waals surface area (Å²) in [6.45, 7) is 9.98. The molecule has 2 aromatic carbocycles. The lowest BCUT2D eigenvalue weighted by molar-refractivity contribution is 0.181. The summed E-state index contributed by atoms with van der Waals surface area (Å²) in [6.07, 6.45) is 1.80. The van der Waals surface area contributed by atoms with Crippen molar-refractivity contribution in [2.45, 2.75) is 58.7 Å². The predicted molar refractivity (Wildman–Crippen MR) is 129 cm³/mol. The van der Waals surface area contributed by atoms with Crippen LogP contribution >= 0.6 is 0 Å². The molecule has 170 valence electrons. The lowest BCUT2D eigenvalue weighted by Gasteiger charge is -2.36. The van der Waals surface area contributed by atoms with Gasteiger partial charge in [0.2, 0.25) is 0 Å². The number of benzene rings is 2. The Morgan fingerprint density at radius 3 is 2.70 bits per heavy atom. The zero-order valence-corrected chi connectivity index (χ0v) is 19.7. The molecular weight excluding hydrogens is 412 g/mol. The van der Waals surface area contributed by atoms with E-state index in [1.165, 1.54) is 11.1 Å². The molecule has 1 N–H and O–H groups in total. The van der Waals surface area contributed by atoms with Crippen LogP contribution in [0.1, 0.15) is 61.3 Å². The summed E-state index contributed by atoms with van der Waals surface area (Å²) >= 11 is 0.